The number of likely N-dealkylation sites (N-methyl/N-ethyl adjacent to an activating group) is 1. The number of nitrogens with one attached hydrogen (secondary N) is 2. The molecule has 206 valence electrons. The maximum atomic E-state index is 13.1. The molecule has 0 unspecified atom stereocenters. The van der Waals surface area contributed by atoms with E-state index in [4.69, 9.17) is 0 Å². The second kappa shape index (κ2) is 12.1. The van der Waals surface area contributed by atoms with Gasteiger partial charge >= 0.3 is 6.09 Å². The molecule has 12 heteroatoms. The number of imide groups is 1. The zero-order valence-corrected chi connectivity index (χ0v) is 23.5. The summed E-state index contributed by atoms with van der Waals surface area (Å²) in [5.74, 6) is -1.16. The Bertz CT molecular complexity index is 1470. The van der Waals surface area contributed by atoms with Crippen LogP contribution >= 0.6 is 11.3 Å². The van der Waals surface area contributed by atoms with Gasteiger partial charge in [-0.05, 0) is 48.4 Å². The fourth-order valence-corrected chi connectivity index (χ4v) is 6.76. The number of carbonyl (C=O) groups is 3. The zero-order chi connectivity index (χ0) is 28.2. The molecule has 0 bridgehead atoms. The zero-order valence-electron chi connectivity index (χ0n) is 21.9. The predicted molar refractivity (Wildman–Crippen MR) is 148 cm³/mol. The molecule has 0 saturated carbocycles. The summed E-state index contributed by atoms with van der Waals surface area (Å²) in [7, 11) is -1.11. The lowest BCUT2D eigenvalue weighted by Gasteiger charge is -2.25. The van der Waals surface area contributed by atoms with Crippen LogP contribution in [0.25, 0.3) is 0 Å². The maximum absolute atomic E-state index is 13.1. The first kappa shape index (κ1) is 28.4. The molecule has 3 amide bonds. The van der Waals surface area contributed by atoms with Gasteiger partial charge in [0.1, 0.15) is 5.00 Å². The fourth-order valence-electron chi connectivity index (χ4n) is 4.32. The number of amides is 3. The smallest absolute Gasteiger partial charge is 0.413 e. The Kier molecular flexibility index (Phi) is 8.80. The summed E-state index contributed by atoms with van der Waals surface area (Å²) in [5.41, 5.74) is 2.11. The number of carbonyl (C=O) groups excluding carboxylic acids is 3. The first-order valence-corrected chi connectivity index (χ1v) is 14.6. The second-order valence-electron chi connectivity index (χ2n) is 9.00. The van der Waals surface area contributed by atoms with Crippen LogP contribution in [0, 0.1) is 0 Å². The summed E-state index contributed by atoms with van der Waals surface area (Å²) < 4.78 is 31.9. The Balaban J connectivity index is 1.54. The summed E-state index contributed by atoms with van der Waals surface area (Å²) in [4.78, 5) is 41.0. The van der Waals surface area contributed by atoms with Gasteiger partial charge in [-0.25, -0.2) is 13.2 Å². The minimum absolute atomic E-state index is 0.0573. The number of ether oxygens (including phenoxy) is 1. The molecule has 39 heavy (non-hydrogen) atoms. The van der Waals surface area contributed by atoms with Crippen molar-refractivity contribution in [3.8, 4) is 0 Å². The molecule has 2 N–H and O–H groups in total. The van der Waals surface area contributed by atoms with Gasteiger partial charge in [-0.1, -0.05) is 37.3 Å². The maximum Gasteiger partial charge on any atom is 0.413 e. The summed E-state index contributed by atoms with van der Waals surface area (Å²) in [6.45, 7) is 4.49. The van der Waals surface area contributed by atoms with Gasteiger partial charge in [-0.15, -0.1) is 11.3 Å². The molecule has 1 aliphatic rings. The molecular weight excluding hydrogens is 540 g/mol. The van der Waals surface area contributed by atoms with E-state index >= 15 is 0 Å². The topological polar surface area (TPSA) is 125 Å². The van der Waals surface area contributed by atoms with Gasteiger partial charge in [0.05, 0.1) is 17.6 Å². The van der Waals surface area contributed by atoms with E-state index in [0.717, 1.165) is 36.2 Å². The third-order valence-corrected chi connectivity index (χ3v) is 9.46. The molecule has 0 saturated heterocycles. The number of rotatable bonds is 8. The Morgan fingerprint density at radius 3 is 2.38 bits per heavy atom. The van der Waals surface area contributed by atoms with Crippen LogP contribution in [0.5, 0.6) is 0 Å². The lowest BCUT2D eigenvalue weighted by Crippen LogP contribution is -2.33. The number of methoxy groups -OCH3 is 1. The number of sulfonamides is 1. The Labute approximate surface area is 231 Å². The van der Waals surface area contributed by atoms with Crippen molar-refractivity contribution in [1.82, 2.24) is 14.5 Å². The highest BCUT2D eigenvalue weighted by Gasteiger charge is 2.29. The number of fused-ring (bicyclic) bond motifs is 1. The van der Waals surface area contributed by atoms with Gasteiger partial charge < -0.3 is 10.1 Å². The minimum Gasteiger partial charge on any atom is -0.453 e. The SMILES string of the molecule is CCN1CCc2c(sc(NC(=O)c3ccc(S(=O)(=O)N(C)Cc4ccccc4)cc3)c2C(=O)NC(=O)OC)C1. The van der Waals surface area contributed by atoms with Gasteiger partial charge in [0, 0.05) is 37.1 Å². The average molecular weight is 571 g/mol. The fraction of sp³-hybridized carbons (Fsp3) is 0.296. The number of hydrogen-bond donors (Lipinski definition) is 2. The van der Waals surface area contributed by atoms with Crippen LogP contribution in [0.1, 0.15) is 43.6 Å². The van der Waals surface area contributed by atoms with Crippen molar-refractivity contribution >= 4 is 44.3 Å². The minimum atomic E-state index is -3.78. The molecule has 2 aromatic carbocycles. The van der Waals surface area contributed by atoms with Crippen molar-refractivity contribution < 1.29 is 27.5 Å². The van der Waals surface area contributed by atoms with E-state index in [1.54, 1.807) is 0 Å². The van der Waals surface area contributed by atoms with Crippen molar-refractivity contribution in [2.45, 2.75) is 31.3 Å². The Morgan fingerprint density at radius 2 is 1.74 bits per heavy atom. The molecule has 0 fully saturated rings. The van der Waals surface area contributed by atoms with Gasteiger partial charge in [-0.3, -0.25) is 19.8 Å². The van der Waals surface area contributed by atoms with Crippen molar-refractivity contribution in [2.75, 3.05) is 32.6 Å². The lowest BCUT2D eigenvalue weighted by atomic mass is 10.0. The van der Waals surface area contributed by atoms with E-state index in [0.29, 0.717) is 18.0 Å². The van der Waals surface area contributed by atoms with Crippen LogP contribution in [0.3, 0.4) is 0 Å². The standard InChI is InChI=1S/C27H30N4O6S2/c1-4-31-15-14-21-22(17-31)38-26(23(21)25(33)29-27(34)37-3)28-24(32)19-10-12-20(13-11-19)39(35,36)30(2)16-18-8-6-5-7-9-18/h5-13H,4,14-17H2,1-3H3,(H,28,32)(H,29,33,34). The summed E-state index contributed by atoms with van der Waals surface area (Å²) >= 11 is 1.29. The van der Waals surface area contributed by atoms with Crippen LogP contribution in [-0.2, 0) is 34.3 Å². The quantitative estimate of drug-likeness (QED) is 0.423. The van der Waals surface area contributed by atoms with E-state index in [-0.39, 0.29) is 22.6 Å². The normalized spacial score (nSPS) is 13.5. The first-order chi connectivity index (χ1) is 18.6. The average Bonchev–Trinajstić information content (AvgIpc) is 3.30. The monoisotopic (exact) mass is 570 g/mol. The second-order valence-corrected chi connectivity index (χ2v) is 12.1. The predicted octanol–water partition coefficient (Wildman–Crippen LogP) is 3.70. The molecule has 0 radical (unpaired) electrons. The van der Waals surface area contributed by atoms with Crippen molar-refractivity contribution in [3.05, 3.63) is 81.7 Å². The molecule has 0 spiro atoms. The number of hydrogen-bond acceptors (Lipinski definition) is 8. The molecule has 1 aliphatic heterocycles. The number of benzene rings is 2. The molecule has 3 aromatic rings. The molecular formula is C27H30N4O6S2. The van der Waals surface area contributed by atoms with Crippen molar-refractivity contribution in [2.24, 2.45) is 0 Å². The molecule has 0 atom stereocenters. The van der Waals surface area contributed by atoms with Crippen LogP contribution in [0.15, 0.2) is 59.5 Å². The highest BCUT2D eigenvalue weighted by Crippen LogP contribution is 2.37. The van der Waals surface area contributed by atoms with Crippen molar-refractivity contribution in [1.29, 1.82) is 0 Å². The van der Waals surface area contributed by atoms with E-state index in [2.05, 4.69) is 27.2 Å². The van der Waals surface area contributed by atoms with Crippen LogP contribution in [0.2, 0.25) is 0 Å². The van der Waals surface area contributed by atoms with E-state index in [1.165, 1.54) is 47.0 Å². The van der Waals surface area contributed by atoms with Crippen LogP contribution in [0.4, 0.5) is 9.80 Å². The molecule has 10 nitrogen and oxygen atoms in total. The van der Waals surface area contributed by atoms with Gasteiger partial charge in [-0.2, -0.15) is 4.31 Å². The van der Waals surface area contributed by atoms with E-state index in [1.807, 2.05) is 30.3 Å². The van der Waals surface area contributed by atoms with E-state index < -0.39 is 27.9 Å². The number of thiophene rings is 1. The number of alkyl carbamates (subject to hydrolysis) is 1. The van der Waals surface area contributed by atoms with Crippen LogP contribution in [-0.4, -0.2) is 62.8 Å². The van der Waals surface area contributed by atoms with E-state index in [9.17, 15) is 22.8 Å². The number of anilines is 1. The van der Waals surface area contributed by atoms with Gasteiger partial charge in [0.25, 0.3) is 11.8 Å². The Morgan fingerprint density at radius 1 is 1.05 bits per heavy atom. The third kappa shape index (κ3) is 6.36. The molecule has 2 heterocycles. The lowest BCUT2D eigenvalue weighted by molar-refractivity contribution is 0.0936. The molecule has 1 aromatic heterocycles. The summed E-state index contributed by atoms with van der Waals surface area (Å²) in [6.07, 6.45) is -0.292. The Hall–Kier alpha value is -3.58. The summed E-state index contributed by atoms with van der Waals surface area (Å²) in [6, 6.07) is 14.9. The third-order valence-electron chi connectivity index (χ3n) is 6.51. The van der Waals surface area contributed by atoms with Gasteiger partial charge in [0.15, 0.2) is 0 Å². The van der Waals surface area contributed by atoms with Gasteiger partial charge in [0.2, 0.25) is 10.0 Å². The summed E-state index contributed by atoms with van der Waals surface area (Å²) in [5, 5.41) is 5.30. The first-order valence-electron chi connectivity index (χ1n) is 12.3. The molecule has 0 aliphatic carbocycles. The highest BCUT2D eigenvalue weighted by atomic mass is 32.2. The van der Waals surface area contributed by atoms with Crippen molar-refractivity contribution in [3.63, 3.8) is 0 Å². The molecule has 4 rings (SSSR count). The number of nitrogens with zero attached hydrogens (tertiary/aromatic N) is 2. The van der Waals surface area contributed by atoms with Crippen LogP contribution < -0.4 is 10.6 Å². The highest BCUT2D eigenvalue weighted by molar-refractivity contribution is 7.89. The largest absolute Gasteiger partial charge is 0.453 e.